The van der Waals surface area contributed by atoms with E-state index in [1.807, 2.05) is 6.08 Å². The molecule has 0 aromatic heterocycles. The number of aliphatic carboxylic acids is 1. The smallest absolute Gasteiger partial charge is 0.303 e. The molecular formula is C24H32O5. The van der Waals surface area contributed by atoms with E-state index in [0.717, 1.165) is 38.5 Å². The van der Waals surface area contributed by atoms with Crippen molar-refractivity contribution in [2.45, 2.75) is 88.9 Å². The molecule has 1 heterocycles. The highest BCUT2D eigenvalue weighted by atomic mass is 16.6. The summed E-state index contributed by atoms with van der Waals surface area (Å²) in [5.41, 5.74) is -0.0975. The lowest BCUT2D eigenvalue weighted by Crippen LogP contribution is -2.60. The topological polar surface area (TPSA) is 87.1 Å². The standard InChI is InChI=1S/C24H32O5/c1-21-9-7-14(25)11-13(21)3-5-17-20-15-4-6-16(15)23(28,10-8-19(26)27)22(20,2)12-18-24(17,21)29-18/h11,15-18,20,28H,3-10,12H2,1-2H3,(H,26,27)/t15-,16+,17+,18-,20+,21+,22+,23+,24+/m1/s1. The molecule has 6 aliphatic rings. The molecular weight excluding hydrogens is 368 g/mol. The number of ketones is 1. The Labute approximate surface area is 171 Å². The van der Waals surface area contributed by atoms with E-state index in [-0.39, 0.29) is 40.7 Å². The number of epoxide rings is 1. The van der Waals surface area contributed by atoms with Gasteiger partial charge in [0, 0.05) is 23.7 Å². The van der Waals surface area contributed by atoms with Gasteiger partial charge in [0.2, 0.25) is 0 Å². The second-order valence-electron chi connectivity index (χ2n) is 11.3. The first kappa shape index (κ1) is 18.6. The van der Waals surface area contributed by atoms with Gasteiger partial charge >= 0.3 is 5.97 Å². The number of carboxylic acids is 1. The number of hydrogen-bond acceptors (Lipinski definition) is 4. The van der Waals surface area contributed by atoms with Crippen LogP contribution in [0.4, 0.5) is 0 Å². The van der Waals surface area contributed by atoms with Gasteiger partial charge in [0.25, 0.3) is 0 Å². The summed E-state index contributed by atoms with van der Waals surface area (Å²) in [4.78, 5) is 23.4. The van der Waals surface area contributed by atoms with Gasteiger partial charge in [-0.15, -0.1) is 0 Å². The first-order valence-electron chi connectivity index (χ1n) is 11.5. The van der Waals surface area contributed by atoms with Crippen molar-refractivity contribution < 1.29 is 24.5 Å². The molecule has 0 amide bonds. The fourth-order valence-electron chi connectivity index (χ4n) is 9.28. The van der Waals surface area contributed by atoms with Gasteiger partial charge in [-0.05, 0) is 74.7 Å². The van der Waals surface area contributed by atoms with Crippen molar-refractivity contribution in [1.29, 1.82) is 0 Å². The number of ether oxygens (including phenoxy) is 1. The van der Waals surface area contributed by atoms with Crippen LogP contribution in [-0.2, 0) is 14.3 Å². The molecule has 1 spiro atoms. The SMILES string of the molecule is C[C@]12CCC(=O)C=C1CC[C@H]1[C@@H]3[C@@H]4CC[C@@H]4[C@@](O)(CCC(=O)O)[C@@]3(C)C[C@H]3O[C@]312. The highest BCUT2D eigenvalue weighted by Gasteiger charge is 2.83. The summed E-state index contributed by atoms with van der Waals surface area (Å²) in [5.74, 6) is 0.978. The van der Waals surface area contributed by atoms with E-state index in [2.05, 4.69) is 13.8 Å². The number of carboxylic acid groups (broad SMARTS) is 1. The molecule has 4 saturated carbocycles. The molecule has 29 heavy (non-hydrogen) atoms. The third-order valence-corrected chi connectivity index (χ3v) is 10.7. The molecule has 6 rings (SSSR count). The van der Waals surface area contributed by atoms with E-state index >= 15 is 0 Å². The molecule has 0 unspecified atom stereocenters. The average molecular weight is 401 g/mol. The van der Waals surface area contributed by atoms with Crippen molar-refractivity contribution in [2.24, 2.45) is 34.5 Å². The minimum absolute atomic E-state index is 0.0378. The van der Waals surface area contributed by atoms with E-state index in [1.165, 1.54) is 5.57 Å². The van der Waals surface area contributed by atoms with Crippen molar-refractivity contribution in [1.82, 2.24) is 0 Å². The van der Waals surface area contributed by atoms with Crippen LogP contribution in [-0.4, -0.2) is 39.3 Å². The van der Waals surface area contributed by atoms with Gasteiger partial charge in [0.15, 0.2) is 5.78 Å². The molecule has 0 radical (unpaired) electrons. The van der Waals surface area contributed by atoms with Crippen LogP contribution in [0.15, 0.2) is 11.6 Å². The van der Waals surface area contributed by atoms with E-state index in [1.54, 1.807) is 0 Å². The maximum Gasteiger partial charge on any atom is 0.303 e. The molecule has 5 fully saturated rings. The maximum atomic E-state index is 12.1. The Balaban J connectivity index is 1.42. The summed E-state index contributed by atoms with van der Waals surface area (Å²) in [7, 11) is 0. The molecule has 9 atom stereocenters. The molecule has 0 aromatic rings. The van der Waals surface area contributed by atoms with E-state index in [4.69, 9.17) is 4.74 Å². The van der Waals surface area contributed by atoms with E-state index in [9.17, 15) is 19.8 Å². The zero-order valence-corrected chi connectivity index (χ0v) is 17.4. The van der Waals surface area contributed by atoms with Crippen LogP contribution in [0.5, 0.6) is 0 Å². The molecule has 5 nitrogen and oxygen atoms in total. The summed E-state index contributed by atoms with van der Waals surface area (Å²) in [6.07, 6.45) is 8.92. The minimum atomic E-state index is -0.892. The Hall–Kier alpha value is -1.20. The lowest BCUT2D eigenvalue weighted by molar-refractivity contribution is -0.149. The lowest BCUT2D eigenvalue weighted by Gasteiger charge is -2.57. The van der Waals surface area contributed by atoms with Gasteiger partial charge in [-0.1, -0.05) is 19.4 Å². The van der Waals surface area contributed by atoms with Gasteiger partial charge in [-0.3, -0.25) is 9.59 Å². The molecule has 1 aliphatic heterocycles. The van der Waals surface area contributed by atoms with Crippen molar-refractivity contribution in [2.75, 3.05) is 0 Å². The predicted molar refractivity (Wildman–Crippen MR) is 105 cm³/mol. The second-order valence-corrected chi connectivity index (χ2v) is 11.3. The fraction of sp³-hybridized carbons (Fsp3) is 0.833. The predicted octanol–water partition coefficient (Wildman–Crippen LogP) is 3.49. The largest absolute Gasteiger partial charge is 0.481 e. The summed E-state index contributed by atoms with van der Waals surface area (Å²) < 4.78 is 6.63. The second kappa shape index (κ2) is 5.34. The van der Waals surface area contributed by atoms with Gasteiger partial charge in [0.1, 0.15) is 5.60 Å². The van der Waals surface area contributed by atoms with Gasteiger partial charge in [-0.2, -0.15) is 0 Å². The monoisotopic (exact) mass is 400 g/mol. The van der Waals surface area contributed by atoms with Crippen molar-refractivity contribution in [3.8, 4) is 0 Å². The Bertz CT molecular complexity index is 848. The molecule has 5 aliphatic carbocycles. The summed E-state index contributed by atoms with van der Waals surface area (Å²) >= 11 is 0. The zero-order chi connectivity index (χ0) is 20.4. The van der Waals surface area contributed by atoms with Crippen LogP contribution in [0.25, 0.3) is 0 Å². The Morgan fingerprint density at radius 3 is 2.69 bits per heavy atom. The van der Waals surface area contributed by atoms with Gasteiger partial charge < -0.3 is 14.9 Å². The normalized spacial score (nSPS) is 56.7. The van der Waals surface area contributed by atoms with Crippen LogP contribution < -0.4 is 0 Å². The highest BCUT2D eigenvalue weighted by molar-refractivity contribution is 5.91. The van der Waals surface area contributed by atoms with Crippen LogP contribution in [0, 0.1) is 34.5 Å². The highest BCUT2D eigenvalue weighted by Crippen LogP contribution is 2.80. The Morgan fingerprint density at radius 1 is 1.21 bits per heavy atom. The van der Waals surface area contributed by atoms with Crippen LogP contribution in [0.3, 0.4) is 0 Å². The van der Waals surface area contributed by atoms with Crippen LogP contribution in [0.1, 0.15) is 71.6 Å². The van der Waals surface area contributed by atoms with Gasteiger partial charge in [-0.25, -0.2) is 0 Å². The number of carbonyl (C=O) groups excluding carboxylic acids is 1. The summed E-state index contributed by atoms with van der Waals surface area (Å²) in [6, 6.07) is 0. The van der Waals surface area contributed by atoms with Crippen molar-refractivity contribution in [3.05, 3.63) is 11.6 Å². The first-order chi connectivity index (χ1) is 13.7. The lowest BCUT2D eigenvalue weighted by atomic mass is 9.45. The molecule has 0 aromatic carbocycles. The molecule has 158 valence electrons. The molecule has 1 saturated heterocycles. The van der Waals surface area contributed by atoms with Crippen LogP contribution in [0.2, 0.25) is 0 Å². The van der Waals surface area contributed by atoms with Gasteiger partial charge in [0.05, 0.1) is 11.7 Å². The van der Waals surface area contributed by atoms with Crippen molar-refractivity contribution in [3.63, 3.8) is 0 Å². The van der Waals surface area contributed by atoms with E-state index in [0.29, 0.717) is 30.6 Å². The Kier molecular flexibility index (Phi) is 3.42. The number of hydrogen-bond donors (Lipinski definition) is 2. The minimum Gasteiger partial charge on any atom is -0.481 e. The molecule has 2 N–H and O–H groups in total. The Morgan fingerprint density at radius 2 is 2.00 bits per heavy atom. The number of rotatable bonds is 3. The third-order valence-electron chi connectivity index (χ3n) is 10.7. The fourth-order valence-corrected chi connectivity index (χ4v) is 9.28. The number of aliphatic hydroxyl groups is 1. The first-order valence-corrected chi connectivity index (χ1v) is 11.5. The number of carbonyl (C=O) groups is 2. The quantitative estimate of drug-likeness (QED) is 0.708. The summed E-state index contributed by atoms with van der Waals surface area (Å²) in [5, 5.41) is 21.3. The molecule has 5 heteroatoms. The molecule has 0 bridgehead atoms. The van der Waals surface area contributed by atoms with E-state index < -0.39 is 11.6 Å². The number of fused-ring (bicyclic) bond motifs is 5. The third kappa shape index (κ3) is 1.91. The zero-order valence-electron chi connectivity index (χ0n) is 17.4. The maximum absolute atomic E-state index is 12.1. The summed E-state index contributed by atoms with van der Waals surface area (Å²) in [6.45, 7) is 4.56. The van der Waals surface area contributed by atoms with Crippen LogP contribution >= 0.6 is 0 Å². The average Bonchev–Trinajstić information content (AvgIpc) is 3.32. The van der Waals surface area contributed by atoms with Crippen molar-refractivity contribution >= 4 is 11.8 Å².